The molecule has 0 fully saturated rings. The molecule has 0 bridgehead atoms. The molecular formula is C15H17ClN6OS. The highest BCUT2D eigenvalue weighted by atomic mass is 35.5. The molecule has 0 spiro atoms. The number of halogens is 1. The second-order valence-corrected chi connectivity index (χ2v) is 7.00. The molecule has 0 saturated heterocycles. The largest absolute Gasteiger partial charge is 0.308 e. The number of likely N-dealkylation sites (N-methyl/N-ethyl adjacent to an activating group) is 1. The molecule has 0 atom stereocenters. The van der Waals surface area contributed by atoms with Gasteiger partial charge in [0.1, 0.15) is 0 Å². The van der Waals surface area contributed by atoms with Gasteiger partial charge >= 0.3 is 0 Å². The number of hydrogen-bond donors (Lipinski definition) is 0. The van der Waals surface area contributed by atoms with Gasteiger partial charge in [0.2, 0.25) is 0 Å². The van der Waals surface area contributed by atoms with Crippen LogP contribution in [0.3, 0.4) is 0 Å². The van der Waals surface area contributed by atoms with Crippen LogP contribution in [0, 0.1) is 0 Å². The molecule has 7 nitrogen and oxygen atoms in total. The lowest BCUT2D eigenvalue weighted by molar-refractivity contribution is 0.0988. The fourth-order valence-corrected chi connectivity index (χ4v) is 3.33. The molecule has 0 unspecified atom stereocenters. The molecule has 0 N–H and O–H groups in total. The van der Waals surface area contributed by atoms with Crippen LogP contribution in [0.4, 0.5) is 5.13 Å². The molecule has 126 valence electrons. The molecule has 1 amide bonds. The zero-order valence-electron chi connectivity index (χ0n) is 13.6. The fraction of sp³-hybridized carbons (Fsp3) is 0.333. The van der Waals surface area contributed by atoms with Crippen molar-refractivity contribution in [1.29, 1.82) is 0 Å². The fourth-order valence-electron chi connectivity index (χ4n) is 2.11. The molecule has 1 aromatic carbocycles. The van der Waals surface area contributed by atoms with E-state index in [1.54, 1.807) is 17.9 Å². The first kappa shape index (κ1) is 16.8. The molecule has 0 aliphatic carbocycles. The van der Waals surface area contributed by atoms with Crippen LogP contribution >= 0.6 is 22.9 Å². The van der Waals surface area contributed by atoms with Crippen molar-refractivity contribution in [3.05, 3.63) is 35.1 Å². The lowest BCUT2D eigenvalue weighted by Gasteiger charge is -2.11. The molecule has 9 heteroatoms. The number of aromatic nitrogens is 4. The van der Waals surface area contributed by atoms with Crippen molar-refractivity contribution in [2.24, 2.45) is 0 Å². The van der Waals surface area contributed by atoms with Gasteiger partial charge in [0.05, 0.1) is 28.0 Å². The summed E-state index contributed by atoms with van der Waals surface area (Å²) in [4.78, 5) is 20.6. The Morgan fingerprint density at radius 3 is 2.83 bits per heavy atom. The minimum atomic E-state index is -0.249. The molecular weight excluding hydrogens is 348 g/mol. The maximum absolute atomic E-state index is 12.6. The SMILES string of the molecule is CN(C)CCn1cc(C(=O)N(C)c2nc3cccc(Cl)c3s2)nn1. The number of thiazole rings is 1. The van der Waals surface area contributed by atoms with Gasteiger partial charge in [0.25, 0.3) is 5.91 Å². The minimum Gasteiger partial charge on any atom is -0.308 e. The second kappa shape index (κ2) is 6.84. The highest BCUT2D eigenvalue weighted by molar-refractivity contribution is 7.23. The number of rotatable bonds is 5. The van der Waals surface area contributed by atoms with Gasteiger partial charge in [-0.15, -0.1) is 5.10 Å². The highest BCUT2D eigenvalue weighted by Gasteiger charge is 2.20. The maximum Gasteiger partial charge on any atom is 0.281 e. The Balaban J connectivity index is 1.79. The van der Waals surface area contributed by atoms with Gasteiger partial charge in [-0.3, -0.25) is 14.4 Å². The zero-order chi connectivity index (χ0) is 17.3. The number of fused-ring (bicyclic) bond motifs is 1. The van der Waals surface area contributed by atoms with Crippen molar-refractivity contribution in [1.82, 2.24) is 24.9 Å². The summed E-state index contributed by atoms with van der Waals surface area (Å²) in [5, 5.41) is 9.17. The van der Waals surface area contributed by atoms with Crippen molar-refractivity contribution < 1.29 is 4.79 Å². The van der Waals surface area contributed by atoms with E-state index in [0.717, 1.165) is 16.8 Å². The molecule has 2 heterocycles. The number of benzene rings is 1. The van der Waals surface area contributed by atoms with Crippen molar-refractivity contribution in [2.45, 2.75) is 6.54 Å². The Labute approximate surface area is 148 Å². The van der Waals surface area contributed by atoms with E-state index in [4.69, 9.17) is 11.6 Å². The summed E-state index contributed by atoms with van der Waals surface area (Å²) in [6.07, 6.45) is 1.66. The summed E-state index contributed by atoms with van der Waals surface area (Å²) in [5.74, 6) is -0.249. The predicted octanol–water partition coefficient (Wildman–Crippen LogP) is 2.38. The lowest BCUT2D eigenvalue weighted by Crippen LogP contribution is -2.26. The second-order valence-electron chi connectivity index (χ2n) is 5.62. The zero-order valence-corrected chi connectivity index (χ0v) is 15.2. The summed E-state index contributed by atoms with van der Waals surface area (Å²) in [6, 6.07) is 5.52. The third kappa shape index (κ3) is 3.40. The van der Waals surface area contributed by atoms with Crippen molar-refractivity contribution in [3.8, 4) is 0 Å². The third-order valence-corrected chi connectivity index (χ3v) is 5.09. The van der Waals surface area contributed by atoms with E-state index < -0.39 is 0 Å². The van der Waals surface area contributed by atoms with E-state index in [9.17, 15) is 4.79 Å². The monoisotopic (exact) mass is 364 g/mol. The first-order valence-corrected chi connectivity index (χ1v) is 8.53. The number of carbonyl (C=O) groups excluding carboxylic acids is 1. The molecule has 0 aliphatic rings. The molecule has 3 rings (SSSR count). The van der Waals surface area contributed by atoms with Crippen LogP contribution < -0.4 is 4.90 Å². The smallest absolute Gasteiger partial charge is 0.281 e. The van der Waals surface area contributed by atoms with Crippen LogP contribution in [0.5, 0.6) is 0 Å². The van der Waals surface area contributed by atoms with E-state index in [1.807, 2.05) is 37.2 Å². The minimum absolute atomic E-state index is 0.249. The van der Waals surface area contributed by atoms with E-state index in [2.05, 4.69) is 15.3 Å². The average molecular weight is 365 g/mol. The van der Waals surface area contributed by atoms with Crippen molar-refractivity contribution >= 4 is 44.2 Å². The topological polar surface area (TPSA) is 67.2 Å². The van der Waals surface area contributed by atoms with Gasteiger partial charge in [-0.2, -0.15) is 0 Å². The highest BCUT2D eigenvalue weighted by Crippen LogP contribution is 2.33. The van der Waals surface area contributed by atoms with Crippen LogP contribution in [-0.4, -0.2) is 58.5 Å². The summed E-state index contributed by atoms with van der Waals surface area (Å²) in [5.41, 5.74) is 1.07. The maximum atomic E-state index is 12.6. The lowest BCUT2D eigenvalue weighted by atomic mass is 10.3. The summed E-state index contributed by atoms with van der Waals surface area (Å²) in [6.45, 7) is 1.50. The van der Waals surface area contributed by atoms with E-state index in [0.29, 0.717) is 22.4 Å². The van der Waals surface area contributed by atoms with Gasteiger partial charge in [-0.1, -0.05) is 34.2 Å². The first-order valence-electron chi connectivity index (χ1n) is 7.33. The summed E-state index contributed by atoms with van der Waals surface area (Å²) < 4.78 is 2.53. The molecule has 0 aliphatic heterocycles. The van der Waals surface area contributed by atoms with Crippen LogP contribution in [0.1, 0.15) is 10.5 Å². The number of anilines is 1. The first-order chi connectivity index (χ1) is 11.5. The Kier molecular flexibility index (Phi) is 4.79. The number of carbonyl (C=O) groups is 1. The molecule has 0 radical (unpaired) electrons. The standard InChI is InChI=1S/C15H17ClN6OS/c1-20(2)7-8-22-9-12(18-19-22)14(23)21(3)15-17-11-6-4-5-10(16)13(11)24-15/h4-6,9H,7-8H2,1-3H3. The molecule has 2 aromatic heterocycles. The quantitative estimate of drug-likeness (QED) is 0.695. The van der Waals surface area contributed by atoms with Crippen molar-refractivity contribution in [2.75, 3.05) is 32.6 Å². The molecule has 3 aromatic rings. The number of nitrogens with zero attached hydrogens (tertiary/aromatic N) is 6. The van der Waals surface area contributed by atoms with E-state index >= 15 is 0 Å². The van der Waals surface area contributed by atoms with Crippen LogP contribution in [0.15, 0.2) is 24.4 Å². The predicted molar refractivity (Wildman–Crippen MR) is 95.9 cm³/mol. The number of hydrogen-bond acceptors (Lipinski definition) is 6. The van der Waals surface area contributed by atoms with Crippen molar-refractivity contribution in [3.63, 3.8) is 0 Å². The molecule has 24 heavy (non-hydrogen) atoms. The van der Waals surface area contributed by atoms with E-state index in [-0.39, 0.29) is 5.91 Å². The Morgan fingerprint density at radius 1 is 1.33 bits per heavy atom. The van der Waals surface area contributed by atoms with Crippen LogP contribution in [-0.2, 0) is 6.54 Å². The van der Waals surface area contributed by atoms with Crippen LogP contribution in [0.2, 0.25) is 5.02 Å². The number of amides is 1. The van der Waals surface area contributed by atoms with Gasteiger partial charge in [0, 0.05) is 13.6 Å². The Morgan fingerprint density at radius 2 is 2.12 bits per heavy atom. The normalized spacial score (nSPS) is 11.4. The Bertz CT molecular complexity index is 874. The molecule has 0 saturated carbocycles. The summed E-state index contributed by atoms with van der Waals surface area (Å²) in [7, 11) is 5.64. The van der Waals surface area contributed by atoms with Gasteiger partial charge < -0.3 is 4.90 Å². The Hall–Kier alpha value is -2.03. The van der Waals surface area contributed by atoms with E-state index in [1.165, 1.54) is 16.2 Å². The van der Waals surface area contributed by atoms with Gasteiger partial charge in [0.15, 0.2) is 10.8 Å². The van der Waals surface area contributed by atoms with Gasteiger partial charge in [-0.05, 0) is 26.2 Å². The summed E-state index contributed by atoms with van der Waals surface area (Å²) >= 11 is 7.55. The average Bonchev–Trinajstić information content (AvgIpc) is 3.19. The van der Waals surface area contributed by atoms with Gasteiger partial charge in [-0.25, -0.2) is 4.98 Å². The third-order valence-electron chi connectivity index (χ3n) is 3.48. The van der Waals surface area contributed by atoms with Crippen LogP contribution in [0.25, 0.3) is 10.2 Å².